The van der Waals surface area contributed by atoms with Crippen LogP contribution in [0.3, 0.4) is 0 Å². The van der Waals surface area contributed by atoms with Crippen molar-refractivity contribution in [2.75, 3.05) is 23.0 Å². The minimum absolute atomic E-state index is 0.229. The summed E-state index contributed by atoms with van der Waals surface area (Å²) in [5.41, 5.74) is 0.718. The van der Waals surface area contributed by atoms with Crippen molar-refractivity contribution in [1.29, 1.82) is 0 Å². The van der Waals surface area contributed by atoms with Crippen LogP contribution in [-0.4, -0.2) is 28.1 Å². The van der Waals surface area contributed by atoms with Gasteiger partial charge in [0, 0.05) is 34.0 Å². The number of para-hydroxylation sites is 1. The van der Waals surface area contributed by atoms with Crippen molar-refractivity contribution in [1.82, 2.24) is 0 Å². The molecule has 0 unspecified atom stereocenters. The standard InChI is InChI=1S/C17H22OS2/c1-4-11-19-13-17(6-3,14-20-12-5-2)15-9-7-8-10-16(15)18/h4-10,18H,1-3,11-14H2. The summed E-state index contributed by atoms with van der Waals surface area (Å²) in [6.45, 7) is 11.5. The van der Waals surface area contributed by atoms with Gasteiger partial charge in [-0.15, -0.1) is 19.7 Å². The van der Waals surface area contributed by atoms with Crippen LogP contribution in [0.5, 0.6) is 5.75 Å². The van der Waals surface area contributed by atoms with E-state index in [0.717, 1.165) is 28.6 Å². The molecule has 0 spiro atoms. The average Bonchev–Trinajstić information content (AvgIpc) is 2.47. The van der Waals surface area contributed by atoms with Gasteiger partial charge in [0.15, 0.2) is 0 Å². The van der Waals surface area contributed by atoms with Gasteiger partial charge in [-0.1, -0.05) is 36.4 Å². The molecule has 0 aliphatic carbocycles. The van der Waals surface area contributed by atoms with Crippen LogP contribution in [0.25, 0.3) is 0 Å². The number of hydrogen-bond acceptors (Lipinski definition) is 3. The molecule has 0 fully saturated rings. The fourth-order valence-corrected chi connectivity index (χ4v) is 4.15. The van der Waals surface area contributed by atoms with Crippen molar-refractivity contribution >= 4 is 23.5 Å². The molecule has 0 saturated heterocycles. The van der Waals surface area contributed by atoms with E-state index < -0.39 is 0 Å². The summed E-state index contributed by atoms with van der Waals surface area (Å²) >= 11 is 3.61. The third-order valence-electron chi connectivity index (χ3n) is 3.02. The molecule has 1 aromatic carbocycles. The Kier molecular flexibility index (Phi) is 7.63. The normalized spacial score (nSPS) is 11.0. The number of aromatic hydroxyl groups is 1. The van der Waals surface area contributed by atoms with Gasteiger partial charge in [0.2, 0.25) is 0 Å². The van der Waals surface area contributed by atoms with Crippen molar-refractivity contribution in [3.63, 3.8) is 0 Å². The van der Waals surface area contributed by atoms with E-state index in [0.29, 0.717) is 5.75 Å². The molecule has 0 aliphatic heterocycles. The Morgan fingerprint density at radius 2 is 1.55 bits per heavy atom. The Morgan fingerprint density at radius 1 is 1.00 bits per heavy atom. The highest BCUT2D eigenvalue weighted by Crippen LogP contribution is 2.38. The Balaban J connectivity index is 3.02. The molecular weight excluding hydrogens is 284 g/mol. The van der Waals surface area contributed by atoms with Crippen molar-refractivity contribution in [2.45, 2.75) is 5.41 Å². The first kappa shape index (κ1) is 17.0. The van der Waals surface area contributed by atoms with Gasteiger partial charge >= 0.3 is 0 Å². The summed E-state index contributed by atoms with van der Waals surface area (Å²) in [5.74, 6) is 3.89. The van der Waals surface area contributed by atoms with Crippen LogP contribution >= 0.6 is 23.5 Å². The summed E-state index contributed by atoms with van der Waals surface area (Å²) in [6, 6.07) is 7.54. The minimum atomic E-state index is -0.229. The topological polar surface area (TPSA) is 20.2 Å². The lowest BCUT2D eigenvalue weighted by Crippen LogP contribution is -2.30. The summed E-state index contributed by atoms with van der Waals surface area (Å²) < 4.78 is 0. The van der Waals surface area contributed by atoms with E-state index in [2.05, 4.69) is 19.7 Å². The van der Waals surface area contributed by atoms with Gasteiger partial charge in [0.05, 0.1) is 0 Å². The largest absolute Gasteiger partial charge is 0.508 e. The lowest BCUT2D eigenvalue weighted by molar-refractivity contribution is 0.457. The Morgan fingerprint density at radius 3 is 2.00 bits per heavy atom. The predicted octanol–water partition coefficient (Wildman–Crippen LogP) is 4.65. The number of benzene rings is 1. The molecule has 0 amide bonds. The van der Waals surface area contributed by atoms with Crippen LogP contribution in [0.1, 0.15) is 5.56 Å². The van der Waals surface area contributed by atoms with Crippen LogP contribution in [0.15, 0.2) is 62.2 Å². The van der Waals surface area contributed by atoms with Crippen molar-refractivity contribution in [3.8, 4) is 5.75 Å². The first-order valence-electron chi connectivity index (χ1n) is 6.49. The van der Waals surface area contributed by atoms with Gasteiger partial charge in [-0.05, 0) is 6.07 Å². The number of rotatable bonds is 10. The van der Waals surface area contributed by atoms with Crippen molar-refractivity contribution in [3.05, 3.63) is 67.8 Å². The van der Waals surface area contributed by atoms with Gasteiger partial charge in [0.25, 0.3) is 0 Å². The number of allylic oxidation sites excluding steroid dienone is 1. The molecular formula is C17H22OS2. The van der Waals surface area contributed by atoms with Crippen LogP contribution in [0, 0.1) is 0 Å². The van der Waals surface area contributed by atoms with E-state index in [9.17, 15) is 5.11 Å². The second-order valence-electron chi connectivity index (χ2n) is 4.49. The van der Waals surface area contributed by atoms with E-state index in [1.165, 1.54) is 0 Å². The molecule has 0 aliphatic rings. The molecule has 0 heterocycles. The highest BCUT2D eigenvalue weighted by atomic mass is 32.2. The number of thioether (sulfide) groups is 2. The monoisotopic (exact) mass is 306 g/mol. The average molecular weight is 306 g/mol. The molecule has 0 bridgehead atoms. The third kappa shape index (κ3) is 4.50. The second-order valence-corrected chi connectivity index (χ2v) is 6.55. The van der Waals surface area contributed by atoms with Crippen molar-refractivity contribution in [2.24, 2.45) is 0 Å². The first-order valence-corrected chi connectivity index (χ1v) is 8.80. The maximum Gasteiger partial charge on any atom is 0.119 e. The van der Waals surface area contributed by atoms with Crippen LogP contribution < -0.4 is 0 Å². The van der Waals surface area contributed by atoms with E-state index in [4.69, 9.17) is 0 Å². The minimum Gasteiger partial charge on any atom is -0.508 e. The molecule has 0 saturated carbocycles. The SMILES string of the molecule is C=CCSCC(C=C)(CSCC=C)c1ccccc1O. The maximum atomic E-state index is 10.2. The van der Waals surface area contributed by atoms with Gasteiger partial charge in [-0.3, -0.25) is 0 Å². The number of phenolic OH excluding ortho intramolecular Hbond substituents is 1. The van der Waals surface area contributed by atoms with E-state index in [1.807, 2.05) is 36.4 Å². The number of hydrogen-bond donors (Lipinski definition) is 1. The van der Waals surface area contributed by atoms with E-state index in [1.54, 1.807) is 29.6 Å². The van der Waals surface area contributed by atoms with Gasteiger partial charge in [0.1, 0.15) is 5.75 Å². The summed E-state index contributed by atoms with van der Waals surface area (Å²) in [5, 5.41) is 10.2. The maximum absolute atomic E-state index is 10.2. The van der Waals surface area contributed by atoms with Crippen LogP contribution in [-0.2, 0) is 5.41 Å². The second kappa shape index (κ2) is 8.98. The molecule has 1 nitrogen and oxygen atoms in total. The van der Waals surface area contributed by atoms with Crippen LogP contribution in [0.2, 0.25) is 0 Å². The summed E-state index contributed by atoms with van der Waals surface area (Å²) in [4.78, 5) is 0. The van der Waals surface area contributed by atoms with Crippen molar-refractivity contribution < 1.29 is 5.11 Å². The summed E-state index contributed by atoms with van der Waals surface area (Å²) in [7, 11) is 0. The Hall–Kier alpha value is -1.06. The Labute approximate surface area is 130 Å². The quantitative estimate of drug-likeness (QED) is 0.502. The lowest BCUT2D eigenvalue weighted by Gasteiger charge is -2.31. The molecule has 20 heavy (non-hydrogen) atoms. The zero-order chi connectivity index (χ0) is 14.8. The van der Waals surface area contributed by atoms with Gasteiger partial charge < -0.3 is 5.11 Å². The zero-order valence-corrected chi connectivity index (χ0v) is 13.4. The molecule has 1 N–H and O–H groups in total. The zero-order valence-electron chi connectivity index (χ0n) is 11.8. The summed E-state index contributed by atoms with van der Waals surface area (Å²) in [6.07, 6.45) is 5.77. The first-order chi connectivity index (χ1) is 9.70. The third-order valence-corrected chi connectivity index (χ3v) is 5.40. The van der Waals surface area contributed by atoms with Crippen LogP contribution in [0.4, 0.5) is 0 Å². The van der Waals surface area contributed by atoms with Gasteiger partial charge in [-0.2, -0.15) is 23.5 Å². The van der Waals surface area contributed by atoms with Gasteiger partial charge in [-0.25, -0.2) is 0 Å². The molecule has 1 rings (SSSR count). The highest BCUT2D eigenvalue weighted by molar-refractivity contribution is 8.00. The van der Waals surface area contributed by atoms with E-state index in [-0.39, 0.29) is 5.41 Å². The molecule has 0 aromatic heterocycles. The molecule has 1 aromatic rings. The Bertz CT molecular complexity index is 440. The molecule has 0 radical (unpaired) electrons. The molecule has 0 atom stereocenters. The smallest absolute Gasteiger partial charge is 0.119 e. The van der Waals surface area contributed by atoms with E-state index >= 15 is 0 Å². The highest BCUT2D eigenvalue weighted by Gasteiger charge is 2.31. The number of phenols is 1. The predicted molar refractivity (Wildman–Crippen MR) is 95.0 cm³/mol. The fraction of sp³-hybridized carbons (Fsp3) is 0.294. The molecule has 108 valence electrons. The molecule has 3 heteroatoms. The lowest BCUT2D eigenvalue weighted by atomic mass is 9.83. The fourth-order valence-electron chi connectivity index (χ4n) is 1.97.